The zero-order valence-corrected chi connectivity index (χ0v) is 14.9. The number of imidazole rings is 1. The monoisotopic (exact) mass is 356 g/mol. The van der Waals surface area contributed by atoms with E-state index in [1.807, 2.05) is 36.2 Å². The van der Waals surface area contributed by atoms with E-state index >= 15 is 0 Å². The van der Waals surface area contributed by atoms with Crippen LogP contribution in [0.5, 0.6) is 5.88 Å². The molecule has 3 heterocycles. The first kappa shape index (κ1) is 17.0. The number of ether oxygens (including phenoxy) is 1. The maximum atomic E-state index is 12.6. The normalized spacial score (nSPS) is 24.7. The summed E-state index contributed by atoms with van der Waals surface area (Å²) in [7, 11) is 0. The van der Waals surface area contributed by atoms with E-state index in [4.69, 9.17) is 4.74 Å². The molecule has 26 heavy (non-hydrogen) atoms. The first-order valence-electron chi connectivity index (χ1n) is 9.20. The van der Waals surface area contributed by atoms with E-state index in [0.29, 0.717) is 31.9 Å². The molecule has 4 rings (SSSR count). The molecule has 1 atom stereocenters. The molecule has 0 radical (unpaired) electrons. The Hall–Kier alpha value is -2.41. The summed E-state index contributed by atoms with van der Waals surface area (Å²) in [5, 5.41) is 9.45. The lowest BCUT2D eigenvalue weighted by molar-refractivity contribution is -0.145. The van der Waals surface area contributed by atoms with Gasteiger partial charge in [-0.2, -0.15) is 0 Å². The lowest BCUT2D eigenvalue weighted by atomic mass is 9.81. The molecule has 2 aromatic heterocycles. The van der Waals surface area contributed by atoms with Crippen molar-refractivity contribution in [3.8, 4) is 5.88 Å². The van der Waals surface area contributed by atoms with Crippen molar-refractivity contribution < 1.29 is 14.6 Å². The van der Waals surface area contributed by atoms with E-state index in [1.54, 1.807) is 6.20 Å². The minimum Gasteiger partial charge on any atom is -0.477 e. The van der Waals surface area contributed by atoms with Crippen molar-refractivity contribution in [2.24, 2.45) is 5.92 Å². The van der Waals surface area contributed by atoms with Crippen LogP contribution in [0.2, 0.25) is 0 Å². The Kier molecular flexibility index (Phi) is 4.63. The Morgan fingerprint density at radius 1 is 1.31 bits per heavy atom. The summed E-state index contributed by atoms with van der Waals surface area (Å²) in [4.78, 5) is 23.3. The third-order valence-electron chi connectivity index (χ3n) is 5.37. The highest BCUT2D eigenvalue weighted by Gasteiger charge is 2.39. The average molecular weight is 356 g/mol. The van der Waals surface area contributed by atoms with Crippen LogP contribution in [-0.4, -0.2) is 49.7 Å². The molecule has 2 aromatic rings. The number of aliphatic hydroxyl groups excluding tert-OH is 1. The van der Waals surface area contributed by atoms with Crippen LogP contribution in [-0.2, 0) is 17.8 Å². The van der Waals surface area contributed by atoms with Crippen molar-refractivity contribution in [3.05, 3.63) is 42.1 Å². The van der Waals surface area contributed by atoms with Crippen LogP contribution in [0, 0.1) is 5.92 Å². The number of hydrogen-bond donors (Lipinski definition) is 1. The Balaban J connectivity index is 1.38. The third-order valence-corrected chi connectivity index (χ3v) is 5.37. The van der Waals surface area contributed by atoms with Crippen LogP contribution in [0.4, 0.5) is 0 Å². The van der Waals surface area contributed by atoms with Crippen LogP contribution < -0.4 is 4.74 Å². The van der Waals surface area contributed by atoms with Crippen molar-refractivity contribution in [2.75, 3.05) is 13.2 Å². The van der Waals surface area contributed by atoms with Crippen LogP contribution in [0.1, 0.15) is 37.3 Å². The largest absolute Gasteiger partial charge is 0.477 e. The highest BCUT2D eigenvalue weighted by molar-refractivity contribution is 5.80. The van der Waals surface area contributed by atoms with Gasteiger partial charge >= 0.3 is 0 Å². The topological polar surface area (TPSA) is 80.5 Å². The number of rotatable bonds is 5. The van der Waals surface area contributed by atoms with Gasteiger partial charge in [-0.3, -0.25) is 4.79 Å². The van der Waals surface area contributed by atoms with Gasteiger partial charge in [0.15, 0.2) is 0 Å². The van der Waals surface area contributed by atoms with Gasteiger partial charge in [-0.25, -0.2) is 9.97 Å². The molecule has 0 unspecified atom stereocenters. The maximum absolute atomic E-state index is 12.6. The van der Waals surface area contributed by atoms with Gasteiger partial charge in [0.25, 0.3) is 0 Å². The number of nitrogens with zero attached hydrogens (tertiary/aromatic N) is 4. The van der Waals surface area contributed by atoms with Crippen molar-refractivity contribution in [3.63, 3.8) is 0 Å². The smallest absolute Gasteiger partial charge is 0.226 e. The molecule has 0 aromatic carbocycles. The summed E-state index contributed by atoms with van der Waals surface area (Å²) in [5.41, 5.74) is 1.12. The van der Waals surface area contributed by atoms with Crippen molar-refractivity contribution in [2.45, 2.75) is 44.9 Å². The molecule has 2 aliphatic rings. The number of carbonyl (C=O) groups is 1. The fraction of sp³-hybridized carbons (Fsp3) is 0.526. The van der Waals surface area contributed by atoms with Gasteiger partial charge in [0.1, 0.15) is 5.82 Å². The number of fused-ring (bicyclic) bond motifs is 1. The molecule has 1 aliphatic heterocycles. The van der Waals surface area contributed by atoms with E-state index in [9.17, 15) is 9.90 Å². The Morgan fingerprint density at radius 3 is 2.88 bits per heavy atom. The molecule has 7 heteroatoms. The molecule has 138 valence electrons. The van der Waals surface area contributed by atoms with Crippen LogP contribution in [0.15, 0.2) is 30.6 Å². The Labute approximate surface area is 152 Å². The van der Waals surface area contributed by atoms with Gasteiger partial charge in [-0.05, 0) is 25.8 Å². The van der Waals surface area contributed by atoms with Crippen molar-refractivity contribution in [1.82, 2.24) is 19.4 Å². The molecular formula is C19H24N4O3. The van der Waals surface area contributed by atoms with Gasteiger partial charge in [-0.15, -0.1) is 0 Å². The fourth-order valence-electron chi connectivity index (χ4n) is 3.78. The highest BCUT2D eigenvalue weighted by Crippen LogP contribution is 2.33. The molecule has 0 saturated heterocycles. The Bertz CT molecular complexity index is 770. The number of pyridine rings is 1. The summed E-state index contributed by atoms with van der Waals surface area (Å²) in [6.07, 6.45) is 5.22. The second-order valence-corrected chi connectivity index (χ2v) is 7.06. The predicted octanol–water partition coefficient (Wildman–Crippen LogP) is 1.57. The van der Waals surface area contributed by atoms with E-state index in [1.165, 1.54) is 0 Å². The summed E-state index contributed by atoms with van der Waals surface area (Å²) in [6, 6.07) is 5.56. The fourth-order valence-corrected chi connectivity index (χ4v) is 3.78. The summed E-state index contributed by atoms with van der Waals surface area (Å²) in [6.45, 7) is 4.00. The third kappa shape index (κ3) is 3.19. The van der Waals surface area contributed by atoms with E-state index in [0.717, 1.165) is 24.5 Å². The Morgan fingerprint density at radius 2 is 2.15 bits per heavy atom. The molecule has 1 saturated carbocycles. The van der Waals surface area contributed by atoms with Gasteiger partial charge < -0.3 is 19.3 Å². The zero-order valence-electron chi connectivity index (χ0n) is 14.9. The number of aliphatic hydroxyl groups is 1. The quantitative estimate of drug-likeness (QED) is 0.880. The average Bonchev–Trinajstić information content (AvgIpc) is 3.04. The van der Waals surface area contributed by atoms with Crippen molar-refractivity contribution >= 4 is 5.91 Å². The second-order valence-electron chi connectivity index (χ2n) is 7.06. The molecule has 1 N–H and O–H groups in total. The molecule has 1 amide bonds. The van der Waals surface area contributed by atoms with Gasteiger partial charge in [0.2, 0.25) is 11.8 Å². The molecule has 0 spiro atoms. The number of aromatic nitrogens is 3. The number of carbonyl (C=O) groups excluding carboxylic acids is 1. The van der Waals surface area contributed by atoms with Crippen LogP contribution in [0.3, 0.4) is 0 Å². The maximum Gasteiger partial charge on any atom is 0.226 e. The minimum atomic E-state index is -0.309. The first-order valence-corrected chi connectivity index (χ1v) is 9.20. The zero-order chi connectivity index (χ0) is 18.1. The lowest BCUT2D eigenvalue weighted by Gasteiger charge is -2.40. The SMILES string of the molecule is C[C@@H]1c2ncc(CCOc3ccccn3)n2CCN1C(=O)C1CC(O)C1. The van der Waals surface area contributed by atoms with Crippen molar-refractivity contribution in [1.29, 1.82) is 0 Å². The van der Waals surface area contributed by atoms with E-state index in [-0.39, 0.29) is 24.0 Å². The van der Waals surface area contributed by atoms with E-state index in [2.05, 4.69) is 14.5 Å². The van der Waals surface area contributed by atoms with E-state index < -0.39 is 0 Å². The summed E-state index contributed by atoms with van der Waals surface area (Å²) in [5.74, 6) is 1.67. The molecule has 7 nitrogen and oxygen atoms in total. The molecule has 0 bridgehead atoms. The number of amides is 1. The summed E-state index contributed by atoms with van der Waals surface area (Å²) < 4.78 is 7.88. The predicted molar refractivity (Wildman–Crippen MR) is 94.5 cm³/mol. The first-order chi connectivity index (χ1) is 12.6. The lowest BCUT2D eigenvalue weighted by Crippen LogP contribution is -2.48. The molecule has 1 fully saturated rings. The standard InChI is InChI=1S/C19H24N4O3/c1-13-18-21-12-15(5-9-26-17-4-2-3-6-20-17)23(18)8-7-22(13)19(25)14-10-16(24)11-14/h2-4,6,12-14,16,24H,5,7-11H2,1H3/t13-,14?,16?/m1/s1. The highest BCUT2D eigenvalue weighted by atomic mass is 16.5. The molecular weight excluding hydrogens is 332 g/mol. The minimum absolute atomic E-state index is 0.0276. The molecule has 1 aliphatic carbocycles. The number of hydrogen-bond acceptors (Lipinski definition) is 5. The van der Waals surface area contributed by atoms with Crippen LogP contribution >= 0.6 is 0 Å². The van der Waals surface area contributed by atoms with Gasteiger partial charge in [0.05, 0.1) is 18.8 Å². The van der Waals surface area contributed by atoms with Crippen LogP contribution in [0.25, 0.3) is 0 Å². The van der Waals surface area contributed by atoms with Gasteiger partial charge in [0, 0.05) is 49.6 Å². The second kappa shape index (κ2) is 7.07. The summed E-state index contributed by atoms with van der Waals surface area (Å²) >= 11 is 0. The van der Waals surface area contributed by atoms with Gasteiger partial charge in [-0.1, -0.05) is 6.07 Å².